The molecule has 2 aromatic rings. The van der Waals surface area contributed by atoms with Gasteiger partial charge in [-0.05, 0) is 42.3 Å². The van der Waals surface area contributed by atoms with Crippen molar-refractivity contribution in [2.75, 3.05) is 6.54 Å². The topological polar surface area (TPSA) is 24.9 Å². The van der Waals surface area contributed by atoms with Crippen molar-refractivity contribution < 1.29 is 13.2 Å². The molecule has 1 aromatic heterocycles. The first kappa shape index (κ1) is 15.5. The Kier molecular flexibility index (Phi) is 4.96. The van der Waals surface area contributed by atoms with Crippen LogP contribution in [-0.4, -0.2) is 11.5 Å². The van der Waals surface area contributed by atoms with Gasteiger partial charge in [-0.15, -0.1) is 0 Å². The fraction of sp³-hybridized carbons (Fsp3) is 0.312. The summed E-state index contributed by atoms with van der Waals surface area (Å²) in [7, 11) is 0. The van der Waals surface area contributed by atoms with Gasteiger partial charge in [-0.1, -0.05) is 25.1 Å². The molecule has 1 N–H and O–H groups in total. The minimum atomic E-state index is -4.33. The fourth-order valence-electron chi connectivity index (χ4n) is 2.16. The monoisotopic (exact) mass is 294 g/mol. The van der Waals surface area contributed by atoms with Gasteiger partial charge < -0.3 is 5.32 Å². The van der Waals surface area contributed by atoms with Crippen LogP contribution < -0.4 is 5.32 Å². The molecule has 1 aromatic carbocycles. The Morgan fingerprint density at radius 2 is 1.90 bits per heavy atom. The lowest BCUT2D eigenvalue weighted by Crippen LogP contribution is -2.23. The highest BCUT2D eigenvalue weighted by molar-refractivity contribution is 5.34. The largest absolute Gasteiger partial charge is 0.416 e. The predicted octanol–water partition coefficient (Wildman–Crippen LogP) is 4.19. The maximum Gasteiger partial charge on any atom is 0.416 e. The maximum absolute atomic E-state index is 12.9. The Bertz CT molecular complexity index is 567. The third-order valence-electron chi connectivity index (χ3n) is 3.16. The van der Waals surface area contributed by atoms with E-state index in [4.69, 9.17) is 0 Å². The predicted molar refractivity (Wildman–Crippen MR) is 75.8 cm³/mol. The molecule has 0 fully saturated rings. The van der Waals surface area contributed by atoms with Crippen LogP contribution in [0.25, 0.3) is 0 Å². The fourth-order valence-corrected chi connectivity index (χ4v) is 2.16. The molecule has 0 radical (unpaired) electrons. The first-order valence-electron chi connectivity index (χ1n) is 6.83. The van der Waals surface area contributed by atoms with Crippen molar-refractivity contribution in [2.24, 2.45) is 0 Å². The van der Waals surface area contributed by atoms with Crippen LogP contribution >= 0.6 is 0 Å². The second-order valence-corrected chi connectivity index (χ2v) is 4.80. The highest BCUT2D eigenvalue weighted by atomic mass is 19.4. The lowest BCUT2D eigenvalue weighted by molar-refractivity contribution is -0.137. The van der Waals surface area contributed by atoms with E-state index in [0.29, 0.717) is 5.56 Å². The standard InChI is InChI=1S/C16H17F3N2/c1-2-8-21-15(13-6-4-9-20-11-13)12-5-3-7-14(10-12)16(17,18)19/h3-7,9-11,15,21H,2,8H2,1H3. The highest BCUT2D eigenvalue weighted by Crippen LogP contribution is 2.32. The zero-order chi connectivity index (χ0) is 15.3. The minimum Gasteiger partial charge on any atom is -0.306 e. The van der Waals surface area contributed by atoms with Crippen LogP contribution in [0.1, 0.15) is 36.1 Å². The molecule has 1 atom stereocenters. The second kappa shape index (κ2) is 6.72. The number of aromatic nitrogens is 1. The Morgan fingerprint density at radius 3 is 2.52 bits per heavy atom. The molecule has 1 unspecified atom stereocenters. The number of benzene rings is 1. The minimum absolute atomic E-state index is 0.291. The van der Waals surface area contributed by atoms with E-state index in [1.165, 1.54) is 12.1 Å². The number of rotatable bonds is 5. The lowest BCUT2D eigenvalue weighted by Gasteiger charge is -2.20. The highest BCUT2D eigenvalue weighted by Gasteiger charge is 2.31. The Labute approximate surface area is 122 Å². The van der Waals surface area contributed by atoms with E-state index in [1.807, 2.05) is 13.0 Å². The summed E-state index contributed by atoms with van der Waals surface area (Å²) in [6.07, 6.45) is -0.115. The molecule has 0 spiro atoms. The lowest BCUT2D eigenvalue weighted by atomic mass is 9.98. The van der Waals surface area contributed by atoms with Crippen LogP contribution in [0, 0.1) is 0 Å². The summed E-state index contributed by atoms with van der Waals surface area (Å²) in [6.45, 7) is 2.73. The molecule has 2 nitrogen and oxygen atoms in total. The van der Waals surface area contributed by atoms with Crippen LogP contribution in [0.2, 0.25) is 0 Å². The first-order chi connectivity index (χ1) is 10.0. The van der Waals surface area contributed by atoms with E-state index in [-0.39, 0.29) is 6.04 Å². The van der Waals surface area contributed by atoms with E-state index >= 15 is 0 Å². The molecule has 0 saturated heterocycles. The molecule has 0 saturated carbocycles. The number of pyridine rings is 1. The quantitative estimate of drug-likeness (QED) is 0.894. The molecular formula is C16H17F3N2. The smallest absolute Gasteiger partial charge is 0.306 e. The number of nitrogens with one attached hydrogen (secondary N) is 1. The number of hydrogen-bond donors (Lipinski definition) is 1. The van der Waals surface area contributed by atoms with Gasteiger partial charge in [-0.3, -0.25) is 4.98 Å². The second-order valence-electron chi connectivity index (χ2n) is 4.80. The molecule has 0 aliphatic heterocycles. The summed E-state index contributed by atoms with van der Waals surface area (Å²) in [4.78, 5) is 4.05. The van der Waals surface area contributed by atoms with Crippen molar-refractivity contribution in [3.8, 4) is 0 Å². The number of nitrogens with zero attached hydrogens (tertiary/aromatic N) is 1. The average molecular weight is 294 g/mol. The third-order valence-corrected chi connectivity index (χ3v) is 3.16. The van der Waals surface area contributed by atoms with E-state index in [9.17, 15) is 13.2 Å². The van der Waals surface area contributed by atoms with Gasteiger partial charge in [0.25, 0.3) is 0 Å². The van der Waals surface area contributed by atoms with E-state index in [0.717, 1.165) is 24.6 Å². The van der Waals surface area contributed by atoms with Crippen LogP contribution in [0.15, 0.2) is 48.8 Å². The van der Waals surface area contributed by atoms with Crippen LogP contribution in [0.4, 0.5) is 13.2 Å². The SMILES string of the molecule is CCCNC(c1cccnc1)c1cccc(C(F)(F)F)c1. The number of alkyl halides is 3. The Morgan fingerprint density at radius 1 is 1.14 bits per heavy atom. The zero-order valence-corrected chi connectivity index (χ0v) is 11.7. The van der Waals surface area contributed by atoms with Gasteiger partial charge in [-0.2, -0.15) is 13.2 Å². The molecule has 0 amide bonds. The van der Waals surface area contributed by atoms with Crippen molar-refractivity contribution in [2.45, 2.75) is 25.6 Å². The molecule has 2 rings (SSSR count). The Balaban J connectivity index is 2.37. The molecule has 112 valence electrons. The van der Waals surface area contributed by atoms with Gasteiger partial charge in [0, 0.05) is 12.4 Å². The van der Waals surface area contributed by atoms with E-state index in [2.05, 4.69) is 10.3 Å². The summed E-state index contributed by atoms with van der Waals surface area (Å²) >= 11 is 0. The van der Waals surface area contributed by atoms with Crippen molar-refractivity contribution in [1.82, 2.24) is 10.3 Å². The summed E-state index contributed by atoms with van der Waals surface area (Å²) in [5.74, 6) is 0. The summed E-state index contributed by atoms with van der Waals surface area (Å²) < 4.78 is 38.6. The summed E-state index contributed by atoms with van der Waals surface area (Å²) in [5, 5.41) is 3.27. The van der Waals surface area contributed by atoms with Crippen molar-refractivity contribution in [3.63, 3.8) is 0 Å². The summed E-state index contributed by atoms with van der Waals surface area (Å²) in [5.41, 5.74) is 0.809. The van der Waals surface area contributed by atoms with Gasteiger partial charge in [0.05, 0.1) is 11.6 Å². The molecule has 0 aliphatic carbocycles. The Hall–Kier alpha value is -1.88. The maximum atomic E-state index is 12.9. The van der Waals surface area contributed by atoms with Gasteiger partial charge >= 0.3 is 6.18 Å². The molecule has 0 aliphatic rings. The van der Waals surface area contributed by atoms with E-state index in [1.54, 1.807) is 24.5 Å². The van der Waals surface area contributed by atoms with Crippen molar-refractivity contribution in [3.05, 3.63) is 65.5 Å². The van der Waals surface area contributed by atoms with Gasteiger partial charge in [-0.25, -0.2) is 0 Å². The first-order valence-corrected chi connectivity index (χ1v) is 6.83. The average Bonchev–Trinajstić information content (AvgIpc) is 2.48. The molecule has 21 heavy (non-hydrogen) atoms. The summed E-state index contributed by atoms with van der Waals surface area (Å²) in [6, 6.07) is 8.78. The molecule has 5 heteroatoms. The molecular weight excluding hydrogens is 277 g/mol. The van der Waals surface area contributed by atoms with Crippen molar-refractivity contribution >= 4 is 0 Å². The van der Waals surface area contributed by atoms with E-state index < -0.39 is 11.7 Å². The zero-order valence-electron chi connectivity index (χ0n) is 11.7. The van der Waals surface area contributed by atoms with Gasteiger partial charge in [0.15, 0.2) is 0 Å². The van der Waals surface area contributed by atoms with Gasteiger partial charge in [0.1, 0.15) is 0 Å². The molecule has 1 heterocycles. The van der Waals surface area contributed by atoms with Gasteiger partial charge in [0.2, 0.25) is 0 Å². The van der Waals surface area contributed by atoms with Crippen LogP contribution in [0.3, 0.4) is 0 Å². The molecule has 0 bridgehead atoms. The number of hydrogen-bond acceptors (Lipinski definition) is 2. The normalized spacial score (nSPS) is 13.1. The third kappa shape index (κ3) is 4.04. The van der Waals surface area contributed by atoms with Crippen molar-refractivity contribution in [1.29, 1.82) is 0 Å². The number of halogens is 3. The van der Waals surface area contributed by atoms with Crippen LogP contribution in [-0.2, 0) is 6.18 Å². The van der Waals surface area contributed by atoms with Crippen LogP contribution in [0.5, 0.6) is 0 Å².